The second-order valence-electron chi connectivity index (χ2n) is 6.73. The van der Waals surface area contributed by atoms with Crippen LogP contribution in [0.4, 0.5) is 5.69 Å². The number of hydrogen-bond donors (Lipinski definition) is 2. The van der Waals surface area contributed by atoms with Gasteiger partial charge in [0, 0.05) is 24.5 Å². The van der Waals surface area contributed by atoms with Crippen LogP contribution in [-0.2, 0) is 0 Å². The van der Waals surface area contributed by atoms with Crippen LogP contribution in [0.2, 0.25) is 0 Å². The number of nitro benzene ring substituents is 1. The van der Waals surface area contributed by atoms with Crippen molar-refractivity contribution in [1.82, 2.24) is 19.1 Å². The molecule has 3 N–H and O–H groups in total. The Bertz CT molecular complexity index is 1130. The molecule has 2 aromatic heterocycles. The average Bonchev–Trinajstić information content (AvgIpc) is 3.17. The Hall–Kier alpha value is -3.27. The van der Waals surface area contributed by atoms with E-state index >= 15 is 0 Å². The van der Waals surface area contributed by atoms with E-state index in [4.69, 9.17) is 5.73 Å². The van der Waals surface area contributed by atoms with E-state index in [1.165, 1.54) is 33.8 Å². The molecule has 10 heteroatoms. The number of aromatic nitrogens is 4. The standard InChI is InChI=1S/C17H18N6O4/c18-10-3-1-2-4-12(10)22-13-8-14(21-6-5-19-9-21)15(23(26)27)7-11(13)20-16(24)17(22)25/h5-10,12H,1-4,18H2,(H,20,24). The number of hydrogen-bond acceptors (Lipinski definition) is 6. The summed E-state index contributed by atoms with van der Waals surface area (Å²) >= 11 is 0. The molecule has 0 aliphatic heterocycles. The first-order valence-corrected chi connectivity index (χ1v) is 8.68. The molecule has 4 rings (SSSR count). The Kier molecular flexibility index (Phi) is 4.11. The molecule has 0 bridgehead atoms. The molecule has 0 saturated heterocycles. The van der Waals surface area contributed by atoms with E-state index in [9.17, 15) is 19.7 Å². The van der Waals surface area contributed by atoms with Crippen molar-refractivity contribution in [3.8, 4) is 5.69 Å². The predicted octanol–water partition coefficient (Wildman–Crippen LogP) is 1.23. The molecule has 0 radical (unpaired) electrons. The van der Waals surface area contributed by atoms with E-state index in [2.05, 4.69) is 9.97 Å². The van der Waals surface area contributed by atoms with Gasteiger partial charge < -0.3 is 15.3 Å². The van der Waals surface area contributed by atoms with Crippen LogP contribution in [0.5, 0.6) is 0 Å². The summed E-state index contributed by atoms with van der Waals surface area (Å²) in [6.45, 7) is 0. The molecule has 10 nitrogen and oxygen atoms in total. The molecule has 0 amide bonds. The van der Waals surface area contributed by atoms with Crippen LogP contribution in [0, 0.1) is 10.1 Å². The van der Waals surface area contributed by atoms with Crippen LogP contribution in [-0.4, -0.2) is 30.1 Å². The normalized spacial score (nSPS) is 20.0. The fourth-order valence-electron chi connectivity index (χ4n) is 3.80. The van der Waals surface area contributed by atoms with Gasteiger partial charge in [-0.15, -0.1) is 0 Å². The Morgan fingerprint density at radius 3 is 2.70 bits per heavy atom. The molecule has 27 heavy (non-hydrogen) atoms. The molecule has 2 unspecified atom stereocenters. The molecule has 1 aliphatic carbocycles. The van der Waals surface area contributed by atoms with Crippen molar-refractivity contribution in [3.63, 3.8) is 0 Å². The van der Waals surface area contributed by atoms with Gasteiger partial charge in [0.15, 0.2) is 0 Å². The molecule has 1 saturated carbocycles. The SMILES string of the molecule is NC1CCCCC1n1c(=O)c(=O)[nH]c2cc([N+](=O)[O-])c(-n3ccnc3)cc21. The first kappa shape index (κ1) is 17.2. The topological polar surface area (TPSA) is 142 Å². The van der Waals surface area contributed by atoms with Gasteiger partial charge in [-0.25, -0.2) is 4.98 Å². The zero-order chi connectivity index (χ0) is 19.1. The number of rotatable bonds is 3. The number of H-pyrrole nitrogens is 1. The van der Waals surface area contributed by atoms with Gasteiger partial charge in [-0.1, -0.05) is 12.8 Å². The van der Waals surface area contributed by atoms with E-state index < -0.39 is 16.0 Å². The quantitative estimate of drug-likeness (QED) is 0.403. The van der Waals surface area contributed by atoms with Crippen molar-refractivity contribution in [3.05, 3.63) is 61.7 Å². The van der Waals surface area contributed by atoms with Crippen LogP contribution >= 0.6 is 0 Å². The zero-order valence-corrected chi connectivity index (χ0v) is 14.4. The highest BCUT2D eigenvalue weighted by Gasteiger charge is 2.28. The van der Waals surface area contributed by atoms with Crippen molar-refractivity contribution >= 4 is 16.7 Å². The molecule has 2 atom stereocenters. The maximum absolute atomic E-state index is 12.7. The molecular weight excluding hydrogens is 352 g/mol. The molecular formula is C17H18N6O4. The minimum Gasteiger partial charge on any atom is -0.326 e. The number of benzene rings is 1. The first-order chi connectivity index (χ1) is 13.0. The molecule has 1 fully saturated rings. The largest absolute Gasteiger partial charge is 0.326 e. The number of imidazole rings is 1. The molecule has 1 aromatic carbocycles. The van der Waals surface area contributed by atoms with Gasteiger partial charge in [0.05, 0.1) is 28.3 Å². The molecule has 0 spiro atoms. The second kappa shape index (κ2) is 6.47. The van der Waals surface area contributed by atoms with Gasteiger partial charge in [-0.2, -0.15) is 0 Å². The summed E-state index contributed by atoms with van der Waals surface area (Å²) < 4.78 is 2.90. The third-order valence-electron chi connectivity index (χ3n) is 5.11. The van der Waals surface area contributed by atoms with Gasteiger partial charge in [0.2, 0.25) is 0 Å². The van der Waals surface area contributed by atoms with E-state index in [1.54, 1.807) is 6.20 Å². The minimum absolute atomic E-state index is 0.200. The van der Waals surface area contributed by atoms with Crippen molar-refractivity contribution in [2.24, 2.45) is 5.73 Å². The fourth-order valence-corrected chi connectivity index (χ4v) is 3.80. The van der Waals surface area contributed by atoms with E-state index in [0.29, 0.717) is 11.9 Å². The summed E-state index contributed by atoms with van der Waals surface area (Å²) in [5.41, 5.74) is 5.42. The second-order valence-corrected chi connectivity index (χ2v) is 6.73. The Balaban J connectivity index is 2.07. The lowest BCUT2D eigenvalue weighted by Gasteiger charge is -2.31. The summed E-state index contributed by atoms with van der Waals surface area (Å²) in [6, 6.07) is 2.23. The molecule has 2 heterocycles. The highest BCUT2D eigenvalue weighted by Crippen LogP contribution is 2.31. The van der Waals surface area contributed by atoms with Crippen LogP contribution in [0.15, 0.2) is 40.4 Å². The van der Waals surface area contributed by atoms with Crippen LogP contribution in [0.25, 0.3) is 16.7 Å². The summed E-state index contributed by atoms with van der Waals surface area (Å²) in [5.74, 6) is 0. The van der Waals surface area contributed by atoms with Crippen molar-refractivity contribution in [2.45, 2.75) is 37.8 Å². The van der Waals surface area contributed by atoms with Crippen molar-refractivity contribution in [2.75, 3.05) is 0 Å². The van der Waals surface area contributed by atoms with Gasteiger partial charge in [-0.05, 0) is 18.9 Å². The lowest BCUT2D eigenvalue weighted by atomic mass is 9.90. The highest BCUT2D eigenvalue weighted by atomic mass is 16.6. The number of nitrogens with two attached hydrogens (primary N) is 1. The summed E-state index contributed by atoms with van der Waals surface area (Å²) in [7, 11) is 0. The number of nitrogens with one attached hydrogen (secondary N) is 1. The molecule has 3 aromatic rings. The van der Waals surface area contributed by atoms with Gasteiger partial charge in [0.1, 0.15) is 5.69 Å². The van der Waals surface area contributed by atoms with E-state index in [1.807, 2.05) is 0 Å². The number of fused-ring (bicyclic) bond motifs is 1. The van der Waals surface area contributed by atoms with E-state index in [0.717, 1.165) is 19.3 Å². The minimum atomic E-state index is -0.815. The number of aromatic amines is 1. The van der Waals surface area contributed by atoms with Crippen LogP contribution in [0.3, 0.4) is 0 Å². The predicted molar refractivity (Wildman–Crippen MR) is 98.1 cm³/mol. The van der Waals surface area contributed by atoms with Gasteiger partial charge in [0.25, 0.3) is 5.69 Å². The first-order valence-electron chi connectivity index (χ1n) is 8.68. The summed E-state index contributed by atoms with van der Waals surface area (Å²) in [4.78, 5) is 42.2. The third-order valence-corrected chi connectivity index (χ3v) is 5.11. The summed E-state index contributed by atoms with van der Waals surface area (Å²) in [5, 5.41) is 11.5. The maximum atomic E-state index is 12.7. The average molecular weight is 370 g/mol. The Labute approximate surface area is 152 Å². The highest BCUT2D eigenvalue weighted by molar-refractivity contribution is 5.82. The lowest BCUT2D eigenvalue weighted by Crippen LogP contribution is -2.45. The van der Waals surface area contributed by atoms with Gasteiger partial charge in [-0.3, -0.25) is 24.3 Å². The Morgan fingerprint density at radius 2 is 2.04 bits per heavy atom. The molecule has 140 valence electrons. The Morgan fingerprint density at radius 1 is 1.26 bits per heavy atom. The summed E-state index contributed by atoms with van der Waals surface area (Å²) in [6.07, 6.45) is 7.83. The molecule has 1 aliphatic rings. The third kappa shape index (κ3) is 2.83. The maximum Gasteiger partial charge on any atom is 0.317 e. The van der Waals surface area contributed by atoms with Crippen molar-refractivity contribution in [1.29, 1.82) is 0 Å². The lowest BCUT2D eigenvalue weighted by molar-refractivity contribution is -0.384. The number of nitrogens with zero attached hydrogens (tertiary/aromatic N) is 4. The smallest absolute Gasteiger partial charge is 0.317 e. The number of nitro groups is 1. The van der Waals surface area contributed by atoms with Gasteiger partial charge >= 0.3 is 11.1 Å². The van der Waals surface area contributed by atoms with Crippen LogP contribution < -0.4 is 16.9 Å². The fraction of sp³-hybridized carbons (Fsp3) is 0.353. The van der Waals surface area contributed by atoms with E-state index in [-0.39, 0.29) is 29.0 Å². The van der Waals surface area contributed by atoms with Crippen LogP contribution in [0.1, 0.15) is 31.7 Å². The monoisotopic (exact) mass is 370 g/mol. The zero-order valence-electron chi connectivity index (χ0n) is 14.4. The van der Waals surface area contributed by atoms with Crippen molar-refractivity contribution < 1.29 is 4.92 Å².